The van der Waals surface area contributed by atoms with Crippen molar-refractivity contribution in [2.24, 2.45) is 0 Å². The Kier molecular flexibility index (Phi) is 227. The molecule has 0 rings (SSSR count). The summed E-state index contributed by atoms with van der Waals surface area (Å²) in [5, 5.41) is 0. The summed E-state index contributed by atoms with van der Waals surface area (Å²) >= 11 is 0. The predicted molar refractivity (Wildman–Crippen MR) is 17.3 cm³/mol. The minimum atomic E-state index is 0. The van der Waals surface area contributed by atoms with Gasteiger partial charge in [0.05, 0.1) is 0 Å². The summed E-state index contributed by atoms with van der Waals surface area (Å²) in [6, 6.07) is 0. The molecule has 5 heavy (non-hydrogen) atoms. The van der Waals surface area contributed by atoms with Crippen LogP contribution in [0.15, 0.2) is 0 Å². The molecule has 0 bridgehead atoms. The Morgan fingerprint density at radius 2 is 1.00 bits per heavy atom. The van der Waals surface area contributed by atoms with E-state index in [2.05, 4.69) is 0 Å². The first-order chi connectivity index (χ1) is 0. The first-order valence-electron chi connectivity index (χ1n) is 0. The third-order valence-electron chi connectivity index (χ3n) is 0. The van der Waals surface area contributed by atoms with Crippen molar-refractivity contribution in [1.82, 2.24) is 0 Å². The second kappa shape index (κ2) is 27.2. The molecule has 0 saturated carbocycles. The van der Waals surface area contributed by atoms with Crippen LogP contribution in [0, 0.1) is 0 Å². The zero-order valence-electron chi connectivity index (χ0n) is 2.57. The fourth-order valence-electron chi connectivity index (χ4n) is 0. The Hall–Kier alpha value is 3.17. The molecular formula is CuGaInSeZn. The van der Waals surface area contributed by atoms with E-state index in [1.54, 1.807) is 0 Å². The predicted octanol–water partition coefficient (Wildman–Crippen LogP) is -1.15. The van der Waals surface area contributed by atoms with Gasteiger partial charge in [-0.3, -0.25) is 0 Å². The molecule has 0 aliphatic rings. The maximum Gasteiger partial charge on any atom is 0 e. The van der Waals surface area contributed by atoms with Crippen LogP contribution in [0.3, 0.4) is 0 Å². The molecule has 0 spiro atoms. The maximum absolute atomic E-state index is 0. The van der Waals surface area contributed by atoms with Gasteiger partial charge in [-0.25, -0.2) is 0 Å². The van der Waals surface area contributed by atoms with Gasteiger partial charge in [-0.05, 0) is 0 Å². The van der Waals surface area contributed by atoms with Crippen molar-refractivity contribution in [3.8, 4) is 0 Å². The van der Waals surface area contributed by atoms with E-state index in [4.69, 9.17) is 0 Å². The van der Waals surface area contributed by atoms with E-state index in [0.717, 1.165) is 0 Å². The van der Waals surface area contributed by atoms with Gasteiger partial charge in [-0.2, -0.15) is 0 Å². The van der Waals surface area contributed by atoms with Gasteiger partial charge in [0.15, 0.2) is 0 Å². The van der Waals surface area contributed by atoms with Crippen molar-refractivity contribution in [2.75, 3.05) is 0 Å². The minimum Gasteiger partial charge on any atom is 0 e. The Morgan fingerprint density at radius 1 is 1.00 bits per heavy atom. The monoisotopic (exact) mass is 391 g/mol. The summed E-state index contributed by atoms with van der Waals surface area (Å²) < 4.78 is 0. The summed E-state index contributed by atoms with van der Waals surface area (Å²) in [5.74, 6) is 0. The smallest absolute Gasteiger partial charge is 0 e. The fourth-order valence-corrected chi connectivity index (χ4v) is 0. The molecular weight excluding hydrogens is 392 g/mol. The molecule has 0 aromatic carbocycles. The van der Waals surface area contributed by atoms with Crippen LogP contribution in [0.25, 0.3) is 0 Å². The molecule has 0 aromatic rings. The largest absolute Gasteiger partial charge is 0 e. The van der Waals surface area contributed by atoms with Gasteiger partial charge in [0.2, 0.25) is 0 Å². The Morgan fingerprint density at radius 3 is 1.00 bits per heavy atom. The van der Waals surface area contributed by atoms with Crippen LogP contribution in [0.2, 0.25) is 0 Å². The summed E-state index contributed by atoms with van der Waals surface area (Å²) in [7, 11) is 0. The third-order valence-corrected chi connectivity index (χ3v) is 0. The van der Waals surface area contributed by atoms with E-state index in [1.807, 2.05) is 0 Å². The molecule has 0 aromatic heterocycles. The van der Waals surface area contributed by atoms with E-state index in [0.29, 0.717) is 0 Å². The van der Waals surface area contributed by atoms with Gasteiger partial charge >= 0.3 is 0 Å². The first kappa shape index (κ1) is 41.8. The molecule has 5 heteroatoms. The summed E-state index contributed by atoms with van der Waals surface area (Å²) in [6.07, 6.45) is 0. The van der Waals surface area contributed by atoms with Crippen molar-refractivity contribution in [3.63, 3.8) is 0 Å². The molecule has 0 nitrogen and oxygen atoms in total. The minimum absolute atomic E-state index is 0. The van der Waals surface area contributed by atoms with Gasteiger partial charge in [0.25, 0.3) is 0 Å². The van der Waals surface area contributed by atoms with Crippen LogP contribution >= 0.6 is 0 Å². The summed E-state index contributed by atoms with van der Waals surface area (Å²) in [6.45, 7) is 0. The molecule has 0 unspecified atom stereocenters. The number of rotatable bonds is 0. The van der Waals surface area contributed by atoms with Gasteiger partial charge in [-0.1, -0.05) is 0 Å². The van der Waals surface area contributed by atoms with Crippen LogP contribution < -0.4 is 0 Å². The molecule has 9 radical (unpaired) electrons. The molecule has 0 heterocycles. The van der Waals surface area contributed by atoms with E-state index < -0.39 is 0 Å². The zero-order valence-corrected chi connectivity index (χ0v) is 13.9. The molecule has 0 N–H and O–H groups in total. The summed E-state index contributed by atoms with van der Waals surface area (Å²) in [4.78, 5) is 0. The van der Waals surface area contributed by atoms with Crippen molar-refractivity contribution in [2.45, 2.75) is 0 Å². The molecule has 0 amide bonds. The first-order valence-corrected chi connectivity index (χ1v) is 0. The van der Waals surface area contributed by atoms with Crippen molar-refractivity contribution < 1.29 is 36.5 Å². The number of hydrogen-bond donors (Lipinski definition) is 0. The van der Waals surface area contributed by atoms with Gasteiger partial charge in [0, 0.05) is 99.2 Å². The number of hydrogen-bond acceptors (Lipinski definition) is 0. The van der Waals surface area contributed by atoms with Crippen LogP contribution in [-0.2, 0) is 36.5 Å². The molecule has 0 atom stereocenters. The normalized spacial score (nSPS) is 0. The van der Waals surface area contributed by atoms with Crippen LogP contribution in [-0.4, -0.2) is 62.7 Å². The average molecular weight is 392 g/mol. The Balaban J connectivity index is 0. The molecule has 0 aliphatic carbocycles. The maximum atomic E-state index is 0. The molecule has 25 valence electrons. The second-order valence-electron chi connectivity index (χ2n) is 0. The molecule has 0 aliphatic heterocycles. The zero-order chi connectivity index (χ0) is 0. The van der Waals surface area contributed by atoms with Crippen molar-refractivity contribution >= 4 is 62.7 Å². The Labute approximate surface area is 97.5 Å². The molecule has 0 saturated heterocycles. The topological polar surface area (TPSA) is 0 Å². The standard InChI is InChI=1S/Cu.Ga.In.Se.Zn. The van der Waals surface area contributed by atoms with E-state index in [-0.39, 0.29) is 99.2 Å². The van der Waals surface area contributed by atoms with Gasteiger partial charge in [-0.15, -0.1) is 0 Å². The molecule has 0 fully saturated rings. The van der Waals surface area contributed by atoms with Crippen LogP contribution in [0.1, 0.15) is 0 Å². The summed E-state index contributed by atoms with van der Waals surface area (Å²) in [5.41, 5.74) is 0. The van der Waals surface area contributed by atoms with Crippen LogP contribution in [0.5, 0.6) is 0 Å². The third kappa shape index (κ3) is 19.1. The van der Waals surface area contributed by atoms with E-state index in [1.165, 1.54) is 0 Å². The van der Waals surface area contributed by atoms with E-state index >= 15 is 0 Å². The van der Waals surface area contributed by atoms with E-state index in [9.17, 15) is 0 Å². The quantitative estimate of drug-likeness (QED) is 0.457. The second-order valence-corrected chi connectivity index (χ2v) is 0. The average Bonchev–Trinajstić information content (AvgIpc) is 0. The van der Waals surface area contributed by atoms with Crippen LogP contribution in [0.4, 0.5) is 0 Å². The van der Waals surface area contributed by atoms with Crippen molar-refractivity contribution in [3.05, 3.63) is 0 Å². The van der Waals surface area contributed by atoms with Crippen molar-refractivity contribution in [1.29, 1.82) is 0 Å². The fraction of sp³-hybridized carbons (Fsp3) is 0. The Bertz CT molecular complexity index is 11.6. The van der Waals surface area contributed by atoms with Gasteiger partial charge < -0.3 is 0 Å². The van der Waals surface area contributed by atoms with Gasteiger partial charge in [0.1, 0.15) is 0 Å². The SMILES string of the molecule is [Cu].[Ga].[In].[Se].[Zn].